The summed E-state index contributed by atoms with van der Waals surface area (Å²) in [4.78, 5) is 37.4. The van der Waals surface area contributed by atoms with Gasteiger partial charge in [0, 0.05) is 24.7 Å². The van der Waals surface area contributed by atoms with Crippen molar-refractivity contribution in [1.29, 1.82) is 0 Å². The van der Waals surface area contributed by atoms with E-state index in [-0.39, 0.29) is 48.9 Å². The number of carbonyl (C=O) groups is 3. The number of esters is 2. The Kier molecular flexibility index (Phi) is 9.61. The van der Waals surface area contributed by atoms with Gasteiger partial charge in [0.2, 0.25) is 10.1 Å². The largest absolute Gasteiger partial charge is 0.465 e. The van der Waals surface area contributed by atoms with Crippen molar-refractivity contribution >= 4 is 50.6 Å². The summed E-state index contributed by atoms with van der Waals surface area (Å²) in [6.45, 7) is 3.88. The molecule has 0 saturated heterocycles. The molecule has 152 valence electrons. The normalized spacial score (nSPS) is 10.7. The first-order valence-corrected chi connectivity index (χ1v) is 9.51. The standard InChI is InChI=1S/C20H22BrNO5.BrH/c1-3-26-18(24)20(21,19(25)27-4-2)12-14-22-13-8-11-16(22)17(23)15-9-6-5-7-10-15;/h5-11,13H,3-4,12,14H2,1-2H3;1H. The van der Waals surface area contributed by atoms with Gasteiger partial charge in [-0.25, -0.2) is 9.59 Å². The zero-order chi connectivity index (χ0) is 19.9. The van der Waals surface area contributed by atoms with Crippen molar-refractivity contribution in [2.45, 2.75) is 31.1 Å². The van der Waals surface area contributed by atoms with Gasteiger partial charge < -0.3 is 14.0 Å². The molecule has 6 nitrogen and oxygen atoms in total. The molecule has 8 heteroatoms. The number of aryl methyl sites for hydroxylation is 1. The first-order valence-electron chi connectivity index (χ1n) is 8.72. The highest BCUT2D eigenvalue weighted by Gasteiger charge is 2.46. The fourth-order valence-corrected chi connectivity index (χ4v) is 3.01. The molecule has 1 aromatic carbocycles. The first-order chi connectivity index (χ1) is 12.9. The van der Waals surface area contributed by atoms with Crippen LogP contribution in [0.5, 0.6) is 0 Å². The molecule has 1 heterocycles. The minimum absolute atomic E-state index is 0. The third-order valence-electron chi connectivity index (χ3n) is 3.99. The molecule has 1 aromatic heterocycles. The van der Waals surface area contributed by atoms with Crippen LogP contribution in [-0.4, -0.2) is 39.8 Å². The summed E-state index contributed by atoms with van der Waals surface area (Å²) in [7, 11) is 0. The topological polar surface area (TPSA) is 74.6 Å². The molecule has 0 radical (unpaired) electrons. The predicted octanol–water partition coefficient (Wildman–Crippen LogP) is 3.95. The highest BCUT2D eigenvalue weighted by molar-refractivity contribution is 9.10. The van der Waals surface area contributed by atoms with Gasteiger partial charge in [-0.1, -0.05) is 46.3 Å². The Morgan fingerprint density at radius 3 is 2.07 bits per heavy atom. The predicted molar refractivity (Wildman–Crippen MR) is 114 cm³/mol. The fraction of sp³-hybridized carbons (Fsp3) is 0.350. The van der Waals surface area contributed by atoms with E-state index in [1.165, 1.54) is 0 Å². The Labute approximate surface area is 183 Å². The van der Waals surface area contributed by atoms with E-state index in [4.69, 9.17) is 9.47 Å². The molecule has 0 N–H and O–H groups in total. The third kappa shape index (κ3) is 5.54. The van der Waals surface area contributed by atoms with Crippen LogP contribution in [0.25, 0.3) is 0 Å². The minimum Gasteiger partial charge on any atom is -0.465 e. The summed E-state index contributed by atoms with van der Waals surface area (Å²) in [5.74, 6) is -1.54. The fourth-order valence-electron chi connectivity index (χ4n) is 2.61. The van der Waals surface area contributed by atoms with Crippen LogP contribution in [0.4, 0.5) is 0 Å². The number of ketones is 1. The van der Waals surface area contributed by atoms with E-state index in [0.29, 0.717) is 11.3 Å². The molecule has 0 saturated carbocycles. The van der Waals surface area contributed by atoms with E-state index < -0.39 is 16.3 Å². The number of aromatic nitrogens is 1. The molecule has 0 amide bonds. The van der Waals surface area contributed by atoms with Crippen LogP contribution in [0, 0.1) is 0 Å². The molecular formula is C20H23Br2NO5. The van der Waals surface area contributed by atoms with E-state index >= 15 is 0 Å². The van der Waals surface area contributed by atoms with Crippen LogP contribution >= 0.6 is 32.9 Å². The molecule has 0 fully saturated rings. The Morgan fingerprint density at radius 1 is 0.964 bits per heavy atom. The molecule has 28 heavy (non-hydrogen) atoms. The van der Waals surface area contributed by atoms with Crippen molar-refractivity contribution < 1.29 is 23.9 Å². The molecular weight excluding hydrogens is 494 g/mol. The van der Waals surface area contributed by atoms with Crippen molar-refractivity contribution in [2.24, 2.45) is 0 Å². The molecule has 0 spiro atoms. The lowest BCUT2D eigenvalue weighted by Crippen LogP contribution is -2.44. The van der Waals surface area contributed by atoms with Crippen molar-refractivity contribution in [3.05, 3.63) is 59.9 Å². The second kappa shape index (κ2) is 11.2. The summed E-state index contributed by atoms with van der Waals surface area (Å²) < 4.78 is 10.2. The van der Waals surface area contributed by atoms with Gasteiger partial charge in [-0.3, -0.25) is 4.79 Å². The molecule has 2 rings (SSSR count). The maximum atomic E-state index is 12.7. The maximum Gasteiger partial charge on any atom is 0.334 e. The second-order valence-corrected chi connectivity index (χ2v) is 7.13. The van der Waals surface area contributed by atoms with Gasteiger partial charge in [0.05, 0.1) is 18.9 Å². The van der Waals surface area contributed by atoms with Crippen LogP contribution < -0.4 is 0 Å². The van der Waals surface area contributed by atoms with Crippen molar-refractivity contribution in [3.63, 3.8) is 0 Å². The van der Waals surface area contributed by atoms with Crippen LogP contribution in [0.1, 0.15) is 36.3 Å². The number of halogens is 2. The van der Waals surface area contributed by atoms with Gasteiger partial charge in [-0.15, -0.1) is 17.0 Å². The Morgan fingerprint density at radius 2 is 1.54 bits per heavy atom. The highest BCUT2D eigenvalue weighted by Crippen LogP contribution is 2.28. The minimum atomic E-state index is -1.61. The highest BCUT2D eigenvalue weighted by atomic mass is 79.9. The average Bonchev–Trinajstić information content (AvgIpc) is 3.15. The van der Waals surface area contributed by atoms with E-state index in [9.17, 15) is 14.4 Å². The molecule has 0 aliphatic rings. The molecule has 0 aliphatic heterocycles. The van der Waals surface area contributed by atoms with Crippen LogP contribution in [0.15, 0.2) is 48.7 Å². The van der Waals surface area contributed by atoms with Gasteiger partial charge in [0.1, 0.15) is 0 Å². The summed E-state index contributed by atoms with van der Waals surface area (Å²) in [5, 5.41) is 0. The number of carbonyl (C=O) groups excluding carboxylic acids is 3. The number of hydrogen-bond donors (Lipinski definition) is 0. The van der Waals surface area contributed by atoms with Crippen LogP contribution in [0.2, 0.25) is 0 Å². The molecule has 2 aromatic rings. The zero-order valence-electron chi connectivity index (χ0n) is 15.7. The second-order valence-electron chi connectivity index (χ2n) is 5.77. The number of benzene rings is 1. The van der Waals surface area contributed by atoms with E-state index in [1.54, 1.807) is 61.0 Å². The lowest BCUT2D eigenvalue weighted by atomic mass is 10.0. The third-order valence-corrected chi connectivity index (χ3v) is 5.04. The number of alkyl halides is 1. The molecule has 0 unspecified atom stereocenters. The Hall–Kier alpha value is -1.93. The quantitative estimate of drug-likeness (QED) is 0.218. The van der Waals surface area contributed by atoms with Gasteiger partial charge in [-0.2, -0.15) is 0 Å². The Bertz CT molecular complexity index is 786. The van der Waals surface area contributed by atoms with Gasteiger partial charge in [0.15, 0.2) is 0 Å². The maximum absolute atomic E-state index is 12.7. The lowest BCUT2D eigenvalue weighted by molar-refractivity contribution is -0.158. The number of ether oxygens (including phenoxy) is 2. The van der Waals surface area contributed by atoms with Crippen molar-refractivity contribution in [3.8, 4) is 0 Å². The molecule has 0 aliphatic carbocycles. The monoisotopic (exact) mass is 515 g/mol. The summed E-state index contributed by atoms with van der Waals surface area (Å²) in [6.07, 6.45) is 1.81. The van der Waals surface area contributed by atoms with Gasteiger partial charge >= 0.3 is 11.9 Å². The zero-order valence-corrected chi connectivity index (χ0v) is 19.0. The number of rotatable bonds is 9. The molecule has 0 atom stereocenters. The summed E-state index contributed by atoms with van der Waals surface area (Å²) >= 11 is 3.22. The van der Waals surface area contributed by atoms with Gasteiger partial charge in [0.25, 0.3) is 0 Å². The van der Waals surface area contributed by atoms with Gasteiger partial charge in [-0.05, 0) is 26.0 Å². The van der Waals surface area contributed by atoms with E-state index in [0.717, 1.165) is 0 Å². The van der Waals surface area contributed by atoms with Crippen molar-refractivity contribution in [2.75, 3.05) is 13.2 Å². The molecule has 0 bridgehead atoms. The smallest absolute Gasteiger partial charge is 0.334 e. The summed E-state index contributed by atoms with van der Waals surface area (Å²) in [5.41, 5.74) is 1.04. The number of nitrogens with zero attached hydrogens (tertiary/aromatic N) is 1. The SMILES string of the molecule is Br.CCOC(=O)C(Br)(CCn1cccc1C(=O)c1ccccc1)C(=O)OCC. The summed E-state index contributed by atoms with van der Waals surface area (Å²) in [6, 6.07) is 12.4. The van der Waals surface area contributed by atoms with E-state index in [1.807, 2.05) is 6.07 Å². The van der Waals surface area contributed by atoms with Crippen LogP contribution in [-0.2, 0) is 25.6 Å². The first kappa shape index (κ1) is 24.1. The lowest BCUT2D eigenvalue weighted by Gasteiger charge is -2.23. The van der Waals surface area contributed by atoms with E-state index in [2.05, 4.69) is 15.9 Å². The van der Waals surface area contributed by atoms with Crippen molar-refractivity contribution in [1.82, 2.24) is 4.57 Å². The van der Waals surface area contributed by atoms with Crippen LogP contribution in [0.3, 0.4) is 0 Å². The number of hydrogen-bond acceptors (Lipinski definition) is 5. The average molecular weight is 517 g/mol. The Balaban J connectivity index is 0.00000392.